The van der Waals surface area contributed by atoms with Gasteiger partial charge in [0.05, 0.1) is 18.2 Å². The number of likely N-dealkylation sites (N-methyl/N-ethyl adjacent to an activating group) is 1. The molecule has 0 saturated carbocycles. The fraction of sp³-hybridized carbons (Fsp3) is 0.429. The number of benzene rings is 2. The fourth-order valence-corrected chi connectivity index (χ4v) is 4.61. The molecule has 1 atom stereocenters. The minimum Gasteiger partial charge on any atom is -0.507 e. The highest BCUT2D eigenvalue weighted by atomic mass is 35.5. The molecule has 0 bridgehead atoms. The summed E-state index contributed by atoms with van der Waals surface area (Å²) in [6.45, 7) is 13.3. The Morgan fingerprint density at radius 3 is 2.31 bits per heavy atom. The summed E-state index contributed by atoms with van der Waals surface area (Å²) in [4.78, 5) is 30.2. The molecule has 1 N–H and O–H groups in total. The first-order chi connectivity index (χ1) is 16.7. The van der Waals surface area contributed by atoms with Gasteiger partial charge in [0.15, 0.2) is 0 Å². The molecule has 1 unspecified atom stereocenters. The number of halogens is 1. The number of carbonyl (C=O) groups excluding carboxylic acids is 2. The molecule has 7 heteroatoms. The summed E-state index contributed by atoms with van der Waals surface area (Å²) in [6, 6.07) is 11.7. The van der Waals surface area contributed by atoms with Gasteiger partial charge in [0, 0.05) is 23.7 Å². The quantitative estimate of drug-likeness (QED) is 0.261. The van der Waals surface area contributed by atoms with Crippen molar-refractivity contribution in [3.05, 3.63) is 69.8 Å². The highest BCUT2D eigenvalue weighted by Crippen LogP contribution is 2.40. The van der Waals surface area contributed by atoms with Crippen LogP contribution in [0.1, 0.15) is 63.3 Å². The van der Waals surface area contributed by atoms with Crippen LogP contribution in [0.25, 0.3) is 5.76 Å². The summed E-state index contributed by atoms with van der Waals surface area (Å²) in [6.07, 6.45) is 0. The molecule has 1 amide bonds. The second-order valence-electron chi connectivity index (χ2n) is 8.91. The SMILES string of the molecule is CCOc1ccc(/C(O)=C2/C(=O)C(=O)N(CCN(CC)CC)C2c2ccc(Cl)cc2)cc1C(C)C. The van der Waals surface area contributed by atoms with Crippen LogP contribution in [0.15, 0.2) is 48.0 Å². The number of nitrogens with zero attached hydrogens (tertiary/aromatic N) is 2. The van der Waals surface area contributed by atoms with E-state index in [-0.39, 0.29) is 17.3 Å². The average molecular weight is 499 g/mol. The smallest absolute Gasteiger partial charge is 0.295 e. The van der Waals surface area contributed by atoms with Gasteiger partial charge < -0.3 is 19.6 Å². The van der Waals surface area contributed by atoms with Crippen LogP contribution in [0.3, 0.4) is 0 Å². The molecule has 6 nitrogen and oxygen atoms in total. The number of likely N-dealkylation sites (tertiary alicyclic amines) is 1. The van der Waals surface area contributed by atoms with Crippen molar-refractivity contribution in [3.8, 4) is 5.75 Å². The number of carbonyl (C=O) groups is 2. The van der Waals surface area contributed by atoms with Crippen LogP contribution in [0.5, 0.6) is 5.75 Å². The predicted octanol–water partition coefficient (Wildman–Crippen LogP) is 5.63. The third-order valence-electron chi connectivity index (χ3n) is 6.48. The van der Waals surface area contributed by atoms with E-state index < -0.39 is 17.7 Å². The van der Waals surface area contributed by atoms with E-state index in [2.05, 4.69) is 18.7 Å². The van der Waals surface area contributed by atoms with Crippen LogP contribution in [0, 0.1) is 0 Å². The fourth-order valence-electron chi connectivity index (χ4n) is 4.48. The molecule has 1 heterocycles. The topological polar surface area (TPSA) is 70.1 Å². The molecule has 1 saturated heterocycles. The Bertz CT molecular complexity index is 1090. The van der Waals surface area contributed by atoms with Crippen LogP contribution >= 0.6 is 11.6 Å². The largest absolute Gasteiger partial charge is 0.507 e. The predicted molar refractivity (Wildman–Crippen MR) is 140 cm³/mol. The number of ether oxygens (including phenoxy) is 1. The molecule has 0 aliphatic carbocycles. The van der Waals surface area contributed by atoms with Gasteiger partial charge in [0.1, 0.15) is 11.5 Å². The lowest BCUT2D eigenvalue weighted by atomic mass is 9.93. The average Bonchev–Trinajstić information content (AvgIpc) is 3.10. The summed E-state index contributed by atoms with van der Waals surface area (Å²) in [7, 11) is 0. The molecule has 1 aliphatic rings. The molecule has 0 aromatic heterocycles. The normalized spacial score (nSPS) is 17.6. The van der Waals surface area contributed by atoms with Crippen molar-refractivity contribution in [2.75, 3.05) is 32.8 Å². The number of rotatable bonds is 10. The summed E-state index contributed by atoms with van der Waals surface area (Å²) in [5.41, 5.74) is 2.23. The van der Waals surface area contributed by atoms with Gasteiger partial charge in [-0.15, -0.1) is 0 Å². The summed E-state index contributed by atoms with van der Waals surface area (Å²) >= 11 is 6.11. The Morgan fingerprint density at radius 2 is 1.74 bits per heavy atom. The minimum atomic E-state index is -0.697. The minimum absolute atomic E-state index is 0.0933. The molecule has 0 spiro atoms. The van der Waals surface area contributed by atoms with Crippen molar-refractivity contribution in [2.24, 2.45) is 0 Å². The molecular formula is C28H35ClN2O4. The zero-order valence-electron chi connectivity index (χ0n) is 21.2. The Kier molecular flexibility index (Phi) is 8.98. The number of aliphatic hydroxyl groups is 1. The lowest BCUT2D eigenvalue weighted by molar-refractivity contribution is -0.140. The first kappa shape index (κ1) is 26.8. The Morgan fingerprint density at radius 1 is 1.09 bits per heavy atom. The van der Waals surface area contributed by atoms with Gasteiger partial charge in [0.2, 0.25) is 0 Å². The van der Waals surface area contributed by atoms with Gasteiger partial charge >= 0.3 is 0 Å². The maximum Gasteiger partial charge on any atom is 0.295 e. The van der Waals surface area contributed by atoms with Crippen molar-refractivity contribution >= 4 is 29.1 Å². The van der Waals surface area contributed by atoms with Crippen molar-refractivity contribution in [2.45, 2.75) is 46.6 Å². The van der Waals surface area contributed by atoms with Crippen molar-refractivity contribution < 1.29 is 19.4 Å². The molecule has 2 aromatic carbocycles. The van der Waals surface area contributed by atoms with Crippen molar-refractivity contribution in [1.82, 2.24) is 9.80 Å². The standard InChI is InChI=1S/C28H35ClN2O4/c1-6-30(7-2)15-16-31-25(19-9-12-21(29)13-10-19)24(27(33)28(31)34)26(32)20-11-14-23(35-8-3)22(17-20)18(4)5/h9-14,17-18,25,32H,6-8,15-16H2,1-5H3/b26-24-. The number of hydrogen-bond donors (Lipinski definition) is 1. The zero-order valence-corrected chi connectivity index (χ0v) is 21.9. The second-order valence-corrected chi connectivity index (χ2v) is 9.35. The lowest BCUT2D eigenvalue weighted by Gasteiger charge is -2.28. The first-order valence-electron chi connectivity index (χ1n) is 12.3. The number of hydrogen-bond acceptors (Lipinski definition) is 5. The van der Waals surface area contributed by atoms with E-state index in [0.29, 0.717) is 30.3 Å². The van der Waals surface area contributed by atoms with E-state index >= 15 is 0 Å². The Balaban J connectivity index is 2.13. The molecule has 1 aliphatic heterocycles. The molecule has 3 rings (SSSR count). The molecule has 35 heavy (non-hydrogen) atoms. The van der Waals surface area contributed by atoms with E-state index in [1.807, 2.05) is 32.9 Å². The molecular weight excluding hydrogens is 464 g/mol. The van der Waals surface area contributed by atoms with Crippen LogP contribution < -0.4 is 4.74 Å². The van der Waals surface area contributed by atoms with Crippen molar-refractivity contribution in [1.29, 1.82) is 0 Å². The third kappa shape index (κ3) is 5.71. The van der Waals surface area contributed by atoms with Gasteiger partial charge in [-0.3, -0.25) is 9.59 Å². The number of Topliss-reactive ketones (excluding diaryl/α,β-unsaturated/α-hetero) is 1. The Labute approximate surface area is 213 Å². The van der Waals surface area contributed by atoms with Gasteiger partial charge in [-0.2, -0.15) is 0 Å². The first-order valence-corrected chi connectivity index (χ1v) is 12.6. The van der Waals surface area contributed by atoms with Gasteiger partial charge in [-0.1, -0.05) is 51.4 Å². The number of amides is 1. The Hall–Kier alpha value is -2.83. The maximum absolute atomic E-state index is 13.3. The number of aliphatic hydroxyl groups excluding tert-OH is 1. The summed E-state index contributed by atoms with van der Waals surface area (Å²) in [5, 5.41) is 12.0. The molecule has 2 aromatic rings. The van der Waals surface area contributed by atoms with Crippen LogP contribution in [-0.4, -0.2) is 59.4 Å². The third-order valence-corrected chi connectivity index (χ3v) is 6.73. The highest BCUT2D eigenvalue weighted by Gasteiger charge is 2.46. The van der Waals surface area contributed by atoms with Crippen LogP contribution in [0.2, 0.25) is 5.02 Å². The molecule has 0 radical (unpaired) electrons. The second kappa shape index (κ2) is 11.7. The lowest BCUT2D eigenvalue weighted by Crippen LogP contribution is -2.38. The maximum atomic E-state index is 13.3. The van der Waals surface area contributed by atoms with Gasteiger partial charge in [0.25, 0.3) is 11.7 Å². The van der Waals surface area contributed by atoms with Crippen LogP contribution in [-0.2, 0) is 9.59 Å². The summed E-state index contributed by atoms with van der Waals surface area (Å²) < 4.78 is 5.75. The summed E-state index contributed by atoms with van der Waals surface area (Å²) in [5.74, 6) is -0.574. The molecule has 1 fully saturated rings. The van der Waals surface area contributed by atoms with E-state index in [9.17, 15) is 14.7 Å². The number of ketones is 1. The zero-order chi connectivity index (χ0) is 25.7. The van der Waals surface area contributed by atoms with Gasteiger partial charge in [-0.25, -0.2) is 0 Å². The van der Waals surface area contributed by atoms with Gasteiger partial charge in [-0.05, 0) is 67.4 Å². The van der Waals surface area contributed by atoms with E-state index in [1.165, 1.54) is 0 Å². The molecule has 188 valence electrons. The van der Waals surface area contributed by atoms with E-state index in [1.54, 1.807) is 35.2 Å². The van der Waals surface area contributed by atoms with Crippen molar-refractivity contribution in [3.63, 3.8) is 0 Å². The van der Waals surface area contributed by atoms with Crippen LogP contribution in [0.4, 0.5) is 0 Å². The van der Waals surface area contributed by atoms with E-state index in [4.69, 9.17) is 16.3 Å². The highest BCUT2D eigenvalue weighted by molar-refractivity contribution is 6.46. The monoisotopic (exact) mass is 498 g/mol. The van der Waals surface area contributed by atoms with E-state index in [0.717, 1.165) is 30.0 Å².